The topological polar surface area (TPSA) is 140 Å². The fraction of sp³-hybridized carbons (Fsp3) is 0.244. The molecule has 14 heteroatoms. The lowest BCUT2D eigenvalue weighted by Gasteiger charge is -2.37. The van der Waals surface area contributed by atoms with Gasteiger partial charge in [0.15, 0.2) is 11.6 Å². The van der Waals surface area contributed by atoms with Crippen LogP contribution in [0.5, 0.6) is 0 Å². The molecule has 2 amide bonds. The third-order valence-corrected chi connectivity index (χ3v) is 9.55. The van der Waals surface area contributed by atoms with Crippen molar-refractivity contribution in [2.24, 2.45) is 0 Å². The first kappa shape index (κ1) is 38.7. The summed E-state index contributed by atoms with van der Waals surface area (Å²) in [6, 6.07) is 21.4. The van der Waals surface area contributed by atoms with E-state index in [1.807, 2.05) is 49.3 Å². The molecule has 0 spiro atoms. The van der Waals surface area contributed by atoms with Crippen LogP contribution < -0.4 is 5.32 Å². The molecule has 1 atom stereocenters. The van der Waals surface area contributed by atoms with E-state index in [9.17, 15) is 19.2 Å². The summed E-state index contributed by atoms with van der Waals surface area (Å²) >= 11 is 6.11. The first-order valence-electron chi connectivity index (χ1n) is 17.7. The van der Waals surface area contributed by atoms with E-state index in [4.69, 9.17) is 16.3 Å². The van der Waals surface area contributed by atoms with E-state index in [2.05, 4.69) is 20.8 Å². The van der Waals surface area contributed by atoms with E-state index >= 15 is 4.39 Å². The molecule has 0 radical (unpaired) electrons. The van der Waals surface area contributed by atoms with Crippen LogP contribution >= 0.6 is 11.6 Å². The molecule has 1 aromatic heterocycles. The molecule has 1 aliphatic heterocycles. The number of amides is 2. The third kappa shape index (κ3) is 8.85. The zero-order valence-corrected chi connectivity index (χ0v) is 31.3. The highest BCUT2D eigenvalue weighted by Crippen LogP contribution is 2.38. The van der Waals surface area contributed by atoms with Gasteiger partial charge in [0.2, 0.25) is 5.91 Å². The Balaban J connectivity index is 1.33. The summed E-state index contributed by atoms with van der Waals surface area (Å²) < 4.78 is 21.7. The Kier molecular flexibility index (Phi) is 12.2. The van der Waals surface area contributed by atoms with Gasteiger partial charge in [-0.25, -0.2) is 9.18 Å². The fourth-order valence-corrected chi connectivity index (χ4v) is 6.69. The molecule has 12 nitrogen and oxygen atoms in total. The molecule has 4 aromatic carbocycles. The lowest BCUT2D eigenvalue weighted by Crippen LogP contribution is -2.43. The molecular formula is C41H39ClFN7O5. The van der Waals surface area contributed by atoms with Gasteiger partial charge in [0.05, 0.1) is 22.9 Å². The Bertz CT molecular complexity index is 2230. The van der Waals surface area contributed by atoms with Gasteiger partial charge < -0.3 is 19.9 Å². The number of nitrogens with one attached hydrogen (secondary N) is 1. The molecule has 55 heavy (non-hydrogen) atoms. The van der Waals surface area contributed by atoms with Crippen molar-refractivity contribution in [3.63, 3.8) is 0 Å². The second kappa shape index (κ2) is 17.4. The van der Waals surface area contributed by atoms with E-state index in [0.29, 0.717) is 41.8 Å². The van der Waals surface area contributed by atoms with Crippen LogP contribution in [0.3, 0.4) is 0 Å². The molecule has 1 N–H and O–H groups in total. The largest absolute Gasteiger partial charge is 0.462 e. The second-order valence-corrected chi connectivity index (χ2v) is 13.5. The fourth-order valence-electron chi connectivity index (χ4n) is 6.53. The minimum absolute atomic E-state index is 0.00719. The van der Waals surface area contributed by atoms with Crippen LogP contribution in [0.15, 0.2) is 91.3 Å². The van der Waals surface area contributed by atoms with Crippen molar-refractivity contribution in [1.29, 1.82) is 0 Å². The average Bonchev–Trinajstić information content (AvgIpc) is 3.73. The van der Waals surface area contributed by atoms with Gasteiger partial charge in [-0.05, 0) is 108 Å². The highest BCUT2D eigenvalue weighted by Gasteiger charge is 2.36. The zero-order valence-electron chi connectivity index (χ0n) is 30.5. The van der Waals surface area contributed by atoms with Crippen molar-refractivity contribution in [3.05, 3.63) is 135 Å². The minimum Gasteiger partial charge on any atom is -0.462 e. The van der Waals surface area contributed by atoms with E-state index in [1.54, 1.807) is 43.3 Å². The van der Waals surface area contributed by atoms with Crippen LogP contribution in [0, 0.1) is 5.82 Å². The number of carbonyl (C=O) groups is 4. The summed E-state index contributed by atoms with van der Waals surface area (Å²) in [4.78, 5) is 56.9. The summed E-state index contributed by atoms with van der Waals surface area (Å²) in [5.41, 5.74) is 5.08. The highest BCUT2D eigenvalue weighted by molar-refractivity contribution is 6.31. The lowest BCUT2D eigenvalue weighted by molar-refractivity contribution is -0.136. The Hall–Kier alpha value is -6.05. The molecule has 5 aromatic rings. The van der Waals surface area contributed by atoms with Crippen LogP contribution in [0.4, 0.5) is 4.39 Å². The van der Waals surface area contributed by atoms with Gasteiger partial charge in [0, 0.05) is 43.3 Å². The van der Waals surface area contributed by atoms with Gasteiger partial charge in [-0.15, -0.1) is 5.10 Å². The van der Waals surface area contributed by atoms with E-state index in [0.717, 1.165) is 16.7 Å². The van der Waals surface area contributed by atoms with Crippen molar-refractivity contribution in [1.82, 2.24) is 35.3 Å². The molecule has 0 saturated carbocycles. The number of rotatable bonds is 13. The molecule has 0 aliphatic carbocycles. The number of ketones is 1. The number of hydrogen-bond acceptors (Lipinski definition) is 9. The normalized spacial score (nSPS) is 13.9. The van der Waals surface area contributed by atoms with Crippen molar-refractivity contribution in [2.45, 2.75) is 25.8 Å². The van der Waals surface area contributed by atoms with Gasteiger partial charge in [0.25, 0.3) is 5.91 Å². The van der Waals surface area contributed by atoms with E-state index in [1.165, 1.54) is 40.2 Å². The number of halogens is 2. The number of benzene rings is 4. The predicted molar refractivity (Wildman–Crippen MR) is 205 cm³/mol. The standard InChI is InChI=1S/C41H39ClFN7O5/c1-4-55-41(54)29-10-8-26(9-11-29)24-36(51)39-32-7-5-6-30(27-12-14-28(15-13-27)40(53)44-21-23-48(2)3)31(32)20-22-49(39)37(52)19-16-33-35(50-25-45-46-47-50)18-17-34(42)38(33)43/h5-19,25,39H,4,20-24H2,1-3H3,(H,44,53)/b19-16+/t39-/m0/s1. The summed E-state index contributed by atoms with van der Waals surface area (Å²) in [5.74, 6) is -2.16. The Morgan fingerprint density at radius 1 is 1.00 bits per heavy atom. The number of ether oxygens (including phenoxy) is 1. The van der Waals surface area contributed by atoms with Crippen molar-refractivity contribution >= 4 is 41.2 Å². The Morgan fingerprint density at radius 2 is 1.75 bits per heavy atom. The number of aromatic nitrogens is 4. The van der Waals surface area contributed by atoms with Crippen molar-refractivity contribution in [3.8, 4) is 16.8 Å². The maximum atomic E-state index is 15.4. The number of fused-ring (bicyclic) bond motifs is 1. The highest BCUT2D eigenvalue weighted by atomic mass is 35.5. The summed E-state index contributed by atoms with van der Waals surface area (Å²) in [5, 5.41) is 13.9. The first-order valence-corrected chi connectivity index (χ1v) is 18.1. The number of esters is 1. The Labute approximate surface area is 322 Å². The number of hydrogen-bond donors (Lipinski definition) is 1. The van der Waals surface area contributed by atoms with Gasteiger partial charge in [-0.1, -0.05) is 54.1 Å². The SMILES string of the molecule is CCOC(=O)c1ccc(CC(=O)[C@@H]2c3cccc(-c4ccc(C(=O)NCCN(C)C)cc4)c3CCN2C(=O)/C=C/c2c(-n3cnnn3)ccc(Cl)c2F)cc1. The van der Waals surface area contributed by atoms with Crippen molar-refractivity contribution < 1.29 is 28.3 Å². The number of likely N-dealkylation sites (N-methyl/N-ethyl adjacent to an activating group) is 1. The molecular weight excluding hydrogens is 725 g/mol. The molecule has 1 aliphatic rings. The van der Waals surface area contributed by atoms with E-state index in [-0.39, 0.29) is 47.5 Å². The summed E-state index contributed by atoms with van der Waals surface area (Å²) in [6.07, 6.45) is 4.21. The minimum atomic E-state index is -0.990. The predicted octanol–water partition coefficient (Wildman–Crippen LogP) is 5.54. The smallest absolute Gasteiger partial charge is 0.338 e. The third-order valence-electron chi connectivity index (χ3n) is 9.25. The summed E-state index contributed by atoms with van der Waals surface area (Å²) in [7, 11) is 3.88. The number of carbonyl (C=O) groups excluding carboxylic acids is 4. The van der Waals surface area contributed by atoms with Gasteiger partial charge in [0.1, 0.15) is 12.4 Å². The number of nitrogens with zero attached hydrogens (tertiary/aromatic N) is 6. The van der Waals surface area contributed by atoms with Crippen LogP contribution in [0.1, 0.15) is 55.9 Å². The average molecular weight is 764 g/mol. The monoisotopic (exact) mass is 763 g/mol. The Morgan fingerprint density at radius 3 is 2.44 bits per heavy atom. The van der Waals surface area contributed by atoms with Crippen LogP contribution in [0.25, 0.3) is 22.9 Å². The lowest BCUT2D eigenvalue weighted by atomic mass is 9.83. The maximum Gasteiger partial charge on any atom is 0.338 e. The molecule has 6 rings (SSSR count). The molecule has 2 heterocycles. The van der Waals surface area contributed by atoms with Gasteiger partial charge in [-0.3, -0.25) is 14.4 Å². The quantitative estimate of drug-likeness (QED) is 0.121. The van der Waals surface area contributed by atoms with Gasteiger partial charge in [-0.2, -0.15) is 4.68 Å². The number of tetrazole rings is 1. The maximum absolute atomic E-state index is 15.4. The second-order valence-electron chi connectivity index (χ2n) is 13.1. The number of Topliss-reactive ketones (excluding diaryl/α,β-unsaturated/α-hetero) is 1. The molecule has 0 bridgehead atoms. The molecule has 0 fully saturated rings. The molecule has 0 unspecified atom stereocenters. The van der Waals surface area contributed by atoms with Crippen LogP contribution in [-0.4, -0.2) is 93.9 Å². The molecule has 282 valence electrons. The van der Waals surface area contributed by atoms with Crippen LogP contribution in [0.2, 0.25) is 5.02 Å². The first-order chi connectivity index (χ1) is 26.5. The molecule has 0 saturated heterocycles. The van der Waals surface area contributed by atoms with E-state index < -0.39 is 23.7 Å². The zero-order chi connectivity index (χ0) is 39.1. The van der Waals surface area contributed by atoms with Crippen LogP contribution in [-0.2, 0) is 27.2 Å². The summed E-state index contributed by atoms with van der Waals surface area (Å²) in [6.45, 7) is 3.38. The van der Waals surface area contributed by atoms with Gasteiger partial charge >= 0.3 is 5.97 Å². The van der Waals surface area contributed by atoms with Crippen molar-refractivity contribution in [2.75, 3.05) is 40.3 Å².